The molecular formula is C13H20ClN3O3S. The third kappa shape index (κ3) is 4.09. The van der Waals surface area contributed by atoms with E-state index in [9.17, 15) is 13.2 Å². The summed E-state index contributed by atoms with van der Waals surface area (Å²) in [6.45, 7) is 3.54. The molecule has 0 radical (unpaired) electrons. The van der Waals surface area contributed by atoms with E-state index in [2.05, 4.69) is 5.32 Å². The summed E-state index contributed by atoms with van der Waals surface area (Å²) in [5.74, 6) is -0.386. The van der Waals surface area contributed by atoms with Gasteiger partial charge in [-0.05, 0) is 31.0 Å². The zero-order valence-corrected chi connectivity index (χ0v) is 13.9. The van der Waals surface area contributed by atoms with Crippen LogP contribution in [-0.2, 0) is 14.8 Å². The van der Waals surface area contributed by atoms with Gasteiger partial charge in [0.2, 0.25) is 15.9 Å². The first-order valence-corrected chi connectivity index (χ1v) is 8.32. The van der Waals surface area contributed by atoms with E-state index in [0.29, 0.717) is 17.7 Å². The number of amides is 1. The van der Waals surface area contributed by atoms with Gasteiger partial charge < -0.3 is 11.1 Å². The molecule has 1 aromatic carbocycles. The first-order valence-electron chi connectivity index (χ1n) is 6.50. The number of nitrogens with one attached hydrogen (secondary N) is 1. The minimum atomic E-state index is -3.88. The Morgan fingerprint density at radius 1 is 1.43 bits per heavy atom. The van der Waals surface area contributed by atoms with Crippen molar-refractivity contribution in [1.29, 1.82) is 0 Å². The van der Waals surface area contributed by atoms with Crippen LogP contribution in [-0.4, -0.2) is 38.8 Å². The fourth-order valence-electron chi connectivity index (χ4n) is 1.78. The Balaban J connectivity index is 3.28. The van der Waals surface area contributed by atoms with Crippen molar-refractivity contribution in [3.63, 3.8) is 0 Å². The molecule has 0 saturated heterocycles. The number of aryl methyl sites for hydroxylation is 1. The number of halogens is 1. The number of carbonyl (C=O) groups is 1. The summed E-state index contributed by atoms with van der Waals surface area (Å²) in [4.78, 5) is 11.4. The smallest absolute Gasteiger partial charge is 0.245 e. The molecule has 0 aliphatic heterocycles. The van der Waals surface area contributed by atoms with Crippen molar-refractivity contribution >= 4 is 33.2 Å². The Hall–Kier alpha value is -1.31. The van der Waals surface area contributed by atoms with Crippen LogP contribution in [0, 0.1) is 6.92 Å². The van der Waals surface area contributed by atoms with Gasteiger partial charge >= 0.3 is 0 Å². The minimum Gasteiger partial charge on any atom is -0.398 e. The Morgan fingerprint density at radius 2 is 2.05 bits per heavy atom. The zero-order chi connectivity index (χ0) is 16.2. The lowest BCUT2D eigenvalue weighted by atomic mass is 10.2. The zero-order valence-electron chi connectivity index (χ0n) is 12.3. The average Bonchev–Trinajstić information content (AvgIpc) is 2.41. The normalized spacial score (nSPS) is 11.7. The monoisotopic (exact) mass is 333 g/mol. The van der Waals surface area contributed by atoms with Crippen molar-refractivity contribution in [3.8, 4) is 0 Å². The van der Waals surface area contributed by atoms with Crippen molar-refractivity contribution in [2.45, 2.75) is 25.2 Å². The Labute approximate surface area is 130 Å². The maximum Gasteiger partial charge on any atom is 0.245 e. The van der Waals surface area contributed by atoms with Crippen molar-refractivity contribution in [3.05, 3.63) is 22.7 Å². The van der Waals surface area contributed by atoms with Gasteiger partial charge in [0.25, 0.3) is 0 Å². The van der Waals surface area contributed by atoms with Gasteiger partial charge in [-0.25, -0.2) is 8.42 Å². The number of carbonyl (C=O) groups excluding carboxylic acids is 1. The van der Waals surface area contributed by atoms with E-state index in [1.807, 2.05) is 6.92 Å². The molecule has 1 amide bonds. The lowest BCUT2D eigenvalue weighted by Gasteiger charge is -2.22. The van der Waals surface area contributed by atoms with E-state index in [-0.39, 0.29) is 28.9 Å². The number of hydrogen-bond acceptors (Lipinski definition) is 4. The Bertz CT molecular complexity index is 632. The van der Waals surface area contributed by atoms with Gasteiger partial charge in [-0.1, -0.05) is 18.5 Å². The predicted molar refractivity (Wildman–Crippen MR) is 83.7 cm³/mol. The molecule has 118 valence electrons. The first kappa shape index (κ1) is 17.7. The van der Waals surface area contributed by atoms with Crippen LogP contribution in [0.3, 0.4) is 0 Å². The Morgan fingerprint density at radius 3 is 2.57 bits per heavy atom. The fourth-order valence-corrected chi connectivity index (χ4v) is 3.86. The van der Waals surface area contributed by atoms with E-state index < -0.39 is 10.0 Å². The first-order chi connectivity index (χ1) is 9.73. The second kappa shape index (κ2) is 7.11. The van der Waals surface area contributed by atoms with Crippen LogP contribution >= 0.6 is 11.6 Å². The predicted octanol–water partition coefficient (Wildman–Crippen LogP) is 1.38. The second-order valence-corrected chi connectivity index (χ2v) is 6.96. The number of anilines is 1. The molecule has 0 aromatic heterocycles. The number of benzene rings is 1. The van der Waals surface area contributed by atoms with Gasteiger partial charge in [-0.3, -0.25) is 4.79 Å². The molecule has 8 heteroatoms. The van der Waals surface area contributed by atoms with Crippen molar-refractivity contribution in [2.75, 3.05) is 25.9 Å². The molecule has 0 atom stereocenters. The van der Waals surface area contributed by atoms with Crippen LogP contribution in [0.2, 0.25) is 5.02 Å². The maximum atomic E-state index is 12.7. The molecule has 0 aliphatic rings. The number of nitrogen functional groups attached to an aromatic ring is 1. The Kier molecular flexibility index (Phi) is 6.00. The van der Waals surface area contributed by atoms with Gasteiger partial charge in [0.15, 0.2) is 0 Å². The van der Waals surface area contributed by atoms with Crippen molar-refractivity contribution in [1.82, 2.24) is 9.62 Å². The average molecular weight is 334 g/mol. The van der Waals surface area contributed by atoms with Crippen LogP contribution < -0.4 is 11.1 Å². The lowest BCUT2D eigenvalue weighted by Crippen LogP contribution is -2.40. The van der Waals surface area contributed by atoms with Gasteiger partial charge in [0.05, 0.1) is 11.6 Å². The van der Waals surface area contributed by atoms with E-state index in [1.54, 1.807) is 6.92 Å². The van der Waals surface area contributed by atoms with E-state index in [4.69, 9.17) is 17.3 Å². The number of likely N-dealkylation sites (N-methyl/N-ethyl adjacent to an activating group) is 1. The highest BCUT2D eigenvalue weighted by Gasteiger charge is 2.28. The van der Waals surface area contributed by atoms with E-state index >= 15 is 0 Å². The molecule has 1 aromatic rings. The number of sulfonamides is 1. The third-order valence-corrected chi connectivity index (χ3v) is 5.32. The summed E-state index contributed by atoms with van der Waals surface area (Å²) in [6, 6.07) is 2.84. The molecule has 0 bridgehead atoms. The van der Waals surface area contributed by atoms with Gasteiger partial charge in [0.1, 0.15) is 4.90 Å². The summed E-state index contributed by atoms with van der Waals surface area (Å²) < 4.78 is 26.4. The van der Waals surface area contributed by atoms with Gasteiger partial charge in [-0.15, -0.1) is 0 Å². The van der Waals surface area contributed by atoms with Crippen LogP contribution in [0.15, 0.2) is 17.0 Å². The van der Waals surface area contributed by atoms with Gasteiger partial charge in [0, 0.05) is 19.3 Å². The van der Waals surface area contributed by atoms with Crippen LogP contribution in [0.5, 0.6) is 0 Å². The molecule has 0 unspecified atom stereocenters. The molecule has 1 rings (SSSR count). The molecule has 0 spiro atoms. The largest absolute Gasteiger partial charge is 0.398 e. The molecule has 0 saturated carbocycles. The second-order valence-electron chi connectivity index (χ2n) is 4.65. The highest BCUT2D eigenvalue weighted by atomic mass is 35.5. The molecule has 21 heavy (non-hydrogen) atoms. The molecule has 6 nitrogen and oxygen atoms in total. The summed E-state index contributed by atoms with van der Waals surface area (Å²) >= 11 is 6.04. The summed E-state index contributed by atoms with van der Waals surface area (Å²) in [5, 5.41) is 2.51. The lowest BCUT2D eigenvalue weighted by molar-refractivity contribution is -0.120. The highest BCUT2D eigenvalue weighted by molar-refractivity contribution is 7.89. The summed E-state index contributed by atoms with van der Waals surface area (Å²) in [7, 11) is -2.42. The number of nitrogens with two attached hydrogens (primary N) is 1. The van der Waals surface area contributed by atoms with Crippen LogP contribution in [0.25, 0.3) is 0 Å². The molecular weight excluding hydrogens is 314 g/mol. The van der Waals surface area contributed by atoms with Crippen molar-refractivity contribution in [2.24, 2.45) is 0 Å². The van der Waals surface area contributed by atoms with Gasteiger partial charge in [-0.2, -0.15) is 4.31 Å². The molecule has 0 heterocycles. The van der Waals surface area contributed by atoms with E-state index in [1.165, 1.54) is 19.2 Å². The highest BCUT2D eigenvalue weighted by Crippen LogP contribution is 2.29. The summed E-state index contributed by atoms with van der Waals surface area (Å²) in [6.07, 6.45) is 0.579. The van der Waals surface area contributed by atoms with Crippen LogP contribution in [0.1, 0.15) is 18.9 Å². The number of nitrogens with zero attached hydrogens (tertiary/aromatic N) is 1. The van der Waals surface area contributed by atoms with Crippen molar-refractivity contribution < 1.29 is 13.2 Å². The minimum absolute atomic E-state index is 0.0791. The van der Waals surface area contributed by atoms with Crippen LogP contribution in [0.4, 0.5) is 5.69 Å². The molecule has 0 fully saturated rings. The maximum absolute atomic E-state index is 12.7. The fraction of sp³-hybridized carbons (Fsp3) is 0.462. The molecule has 0 aliphatic carbocycles. The third-order valence-electron chi connectivity index (χ3n) is 3.01. The molecule has 3 N–H and O–H groups in total. The summed E-state index contributed by atoms with van der Waals surface area (Å²) in [5.41, 5.74) is 6.81. The quantitative estimate of drug-likeness (QED) is 0.769. The number of rotatable bonds is 6. The topological polar surface area (TPSA) is 92.5 Å². The standard InChI is InChI=1S/C13H20ClN3O3S/c1-4-5-17(8-13(18)16-3)21(19,20)12-7-11(15)9(2)6-10(12)14/h6-7H,4-5,8,15H2,1-3H3,(H,16,18). The SMILES string of the molecule is CCCN(CC(=O)NC)S(=O)(=O)c1cc(N)c(C)cc1Cl. The number of hydrogen-bond donors (Lipinski definition) is 2. The van der Waals surface area contributed by atoms with E-state index in [0.717, 1.165) is 4.31 Å².